The topological polar surface area (TPSA) is 18.5 Å². The molecule has 1 saturated heterocycles. The molecular formula is C21H37BO2S. The van der Waals surface area contributed by atoms with E-state index in [4.69, 9.17) is 9.31 Å². The lowest BCUT2D eigenvalue weighted by Gasteiger charge is -2.32. The van der Waals surface area contributed by atoms with E-state index in [1.807, 2.05) is 0 Å². The monoisotopic (exact) mass is 364 g/mol. The molecular weight excluding hydrogens is 327 g/mol. The van der Waals surface area contributed by atoms with Crippen LogP contribution in [-0.4, -0.2) is 20.3 Å². The Morgan fingerprint density at radius 3 is 2.08 bits per heavy atom. The van der Waals surface area contributed by atoms with Crippen LogP contribution in [0.15, 0.2) is 11.4 Å². The number of unbranched alkanes of at least 4 members (excludes halogenated alkanes) is 9. The summed E-state index contributed by atoms with van der Waals surface area (Å²) in [5.41, 5.74) is 1.60. The molecule has 1 aromatic heterocycles. The Hall–Kier alpha value is -0.315. The zero-order valence-corrected chi connectivity index (χ0v) is 17.5. The third kappa shape index (κ3) is 8.28. The summed E-state index contributed by atoms with van der Waals surface area (Å²) in [4.78, 5) is 0. The van der Waals surface area contributed by atoms with Gasteiger partial charge in [-0.05, 0) is 29.9 Å². The van der Waals surface area contributed by atoms with E-state index in [9.17, 15) is 0 Å². The maximum absolute atomic E-state index is 5.89. The van der Waals surface area contributed by atoms with Gasteiger partial charge in [-0.1, -0.05) is 78.6 Å². The van der Waals surface area contributed by atoms with Crippen molar-refractivity contribution in [2.75, 3.05) is 13.2 Å². The van der Waals surface area contributed by atoms with Gasteiger partial charge < -0.3 is 9.31 Å². The molecule has 1 aliphatic rings. The van der Waals surface area contributed by atoms with Crippen LogP contribution >= 0.6 is 11.3 Å². The van der Waals surface area contributed by atoms with E-state index in [0.717, 1.165) is 13.2 Å². The lowest BCUT2D eigenvalue weighted by Crippen LogP contribution is -2.46. The Kier molecular flexibility index (Phi) is 9.58. The predicted molar refractivity (Wildman–Crippen MR) is 111 cm³/mol. The van der Waals surface area contributed by atoms with Crippen molar-refractivity contribution < 1.29 is 9.31 Å². The summed E-state index contributed by atoms with van der Waals surface area (Å²) >= 11 is 1.79. The van der Waals surface area contributed by atoms with Crippen molar-refractivity contribution >= 4 is 23.2 Å². The molecule has 1 aliphatic heterocycles. The second-order valence-corrected chi connectivity index (χ2v) is 9.35. The Bertz CT molecular complexity index is 462. The van der Waals surface area contributed by atoms with Crippen LogP contribution in [0.25, 0.3) is 0 Å². The Labute approximate surface area is 159 Å². The molecule has 25 heavy (non-hydrogen) atoms. The molecule has 0 aliphatic carbocycles. The molecule has 0 atom stereocenters. The van der Waals surface area contributed by atoms with Gasteiger partial charge in [-0.25, -0.2) is 0 Å². The summed E-state index contributed by atoms with van der Waals surface area (Å²) in [6.45, 7) is 8.22. The molecule has 1 fully saturated rings. The highest BCUT2D eigenvalue weighted by molar-refractivity contribution is 7.20. The molecule has 0 bridgehead atoms. The van der Waals surface area contributed by atoms with Gasteiger partial charge in [0.1, 0.15) is 0 Å². The normalized spacial score (nSPS) is 17.2. The molecule has 1 aromatic rings. The molecule has 2 rings (SSSR count). The van der Waals surface area contributed by atoms with Gasteiger partial charge in [0.15, 0.2) is 0 Å². The lowest BCUT2D eigenvalue weighted by molar-refractivity contribution is 0.0346. The van der Waals surface area contributed by atoms with Crippen molar-refractivity contribution in [2.45, 2.75) is 91.4 Å². The Balaban J connectivity index is 1.52. The molecule has 0 unspecified atom stereocenters. The smallest absolute Gasteiger partial charge is 0.406 e. The fraction of sp³-hybridized carbons (Fsp3) is 0.810. The van der Waals surface area contributed by atoms with Gasteiger partial charge in [0.25, 0.3) is 0 Å². The zero-order chi connectivity index (χ0) is 18.0. The summed E-state index contributed by atoms with van der Waals surface area (Å²) in [6, 6.07) is 2.29. The second-order valence-electron chi connectivity index (χ2n) is 8.41. The van der Waals surface area contributed by atoms with Crippen LogP contribution in [0.3, 0.4) is 0 Å². The highest BCUT2D eigenvalue weighted by Crippen LogP contribution is 2.22. The predicted octanol–water partition coefficient (Wildman–Crippen LogP) is 5.98. The van der Waals surface area contributed by atoms with Crippen molar-refractivity contribution in [3.8, 4) is 0 Å². The summed E-state index contributed by atoms with van der Waals surface area (Å²) in [5.74, 6) is 0. The Morgan fingerprint density at radius 1 is 0.920 bits per heavy atom. The van der Waals surface area contributed by atoms with Crippen LogP contribution in [0.5, 0.6) is 0 Å². The van der Waals surface area contributed by atoms with Gasteiger partial charge in [-0.15, -0.1) is 0 Å². The summed E-state index contributed by atoms with van der Waals surface area (Å²) in [7, 11) is -0.139. The Morgan fingerprint density at radius 2 is 1.48 bits per heavy atom. The number of hydrogen-bond donors (Lipinski definition) is 0. The molecule has 0 N–H and O–H groups in total. The number of rotatable bonds is 12. The molecule has 0 aromatic carbocycles. The molecule has 0 saturated carbocycles. The van der Waals surface area contributed by atoms with Crippen molar-refractivity contribution in [1.82, 2.24) is 0 Å². The minimum atomic E-state index is -0.139. The first kappa shape index (κ1) is 21.0. The first-order valence-corrected chi connectivity index (χ1v) is 11.3. The largest absolute Gasteiger partial charge is 0.504 e. The van der Waals surface area contributed by atoms with Crippen molar-refractivity contribution in [1.29, 1.82) is 0 Å². The minimum absolute atomic E-state index is 0.139. The van der Waals surface area contributed by atoms with Crippen molar-refractivity contribution in [3.05, 3.63) is 17.0 Å². The molecule has 0 spiro atoms. The first-order valence-electron chi connectivity index (χ1n) is 10.4. The van der Waals surface area contributed by atoms with Crippen LogP contribution in [0.1, 0.15) is 90.5 Å². The molecule has 0 radical (unpaired) electrons. The van der Waals surface area contributed by atoms with E-state index in [2.05, 4.69) is 32.2 Å². The van der Waals surface area contributed by atoms with E-state index in [0.29, 0.717) is 0 Å². The summed E-state index contributed by atoms with van der Waals surface area (Å²) in [5, 5.41) is 2.29. The fourth-order valence-electron chi connectivity index (χ4n) is 3.32. The van der Waals surface area contributed by atoms with E-state index in [1.54, 1.807) is 11.3 Å². The SMILES string of the molecule is CCCCCCCCCCCCc1csc(B2OCC(C)(C)CO2)c1. The maximum atomic E-state index is 5.89. The summed E-state index contributed by atoms with van der Waals surface area (Å²) in [6.07, 6.45) is 15.2. The van der Waals surface area contributed by atoms with Crippen molar-refractivity contribution in [3.63, 3.8) is 0 Å². The fourth-order valence-corrected chi connectivity index (χ4v) is 4.26. The standard InChI is InChI=1S/C21H37BO2S/c1-4-5-6-7-8-9-10-11-12-13-14-19-15-20(25-16-19)22-23-17-21(2,3)18-24-22/h15-16H,4-14,17-18H2,1-3H3. The van der Waals surface area contributed by atoms with E-state index in [1.165, 1.54) is 81.0 Å². The quantitative estimate of drug-likeness (QED) is 0.335. The maximum Gasteiger partial charge on any atom is 0.504 e. The number of thiophene rings is 1. The minimum Gasteiger partial charge on any atom is -0.406 e. The average molecular weight is 364 g/mol. The van der Waals surface area contributed by atoms with Gasteiger partial charge in [-0.3, -0.25) is 0 Å². The van der Waals surface area contributed by atoms with Gasteiger partial charge in [0, 0.05) is 23.4 Å². The van der Waals surface area contributed by atoms with E-state index in [-0.39, 0.29) is 12.5 Å². The van der Waals surface area contributed by atoms with Crippen LogP contribution in [0.2, 0.25) is 0 Å². The molecule has 2 nitrogen and oxygen atoms in total. The van der Waals surface area contributed by atoms with Crippen LogP contribution in [-0.2, 0) is 15.7 Å². The number of aryl methyl sites for hydroxylation is 1. The van der Waals surface area contributed by atoms with Crippen LogP contribution in [0, 0.1) is 5.41 Å². The molecule has 0 amide bonds. The molecule has 4 heteroatoms. The lowest BCUT2D eigenvalue weighted by atomic mass is 9.82. The van der Waals surface area contributed by atoms with E-state index >= 15 is 0 Å². The van der Waals surface area contributed by atoms with Crippen LogP contribution < -0.4 is 4.78 Å². The molecule has 142 valence electrons. The highest BCUT2D eigenvalue weighted by atomic mass is 32.1. The van der Waals surface area contributed by atoms with Gasteiger partial charge in [-0.2, -0.15) is 11.3 Å². The van der Waals surface area contributed by atoms with Crippen LogP contribution in [0.4, 0.5) is 0 Å². The zero-order valence-electron chi connectivity index (χ0n) is 16.6. The third-order valence-electron chi connectivity index (χ3n) is 4.98. The summed E-state index contributed by atoms with van der Waals surface area (Å²) < 4.78 is 13.0. The van der Waals surface area contributed by atoms with Gasteiger partial charge in [0.05, 0.1) is 0 Å². The average Bonchev–Trinajstić information content (AvgIpc) is 3.05. The van der Waals surface area contributed by atoms with Crippen molar-refractivity contribution in [2.24, 2.45) is 5.41 Å². The van der Waals surface area contributed by atoms with Gasteiger partial charge in [0.2, 0.25) is 0 Å². The number of hydrogen-bond acceptors (Lipinski definition) is 3. The first-order chi connectivity index (χ1) is 12.1. The molecule has 2 heterocycles. The van der Waals surface area contributed by atoms with Gasteiger partial charge >= 0.3 is 7.12 Å². The second kappa shape index (κ2) is 11.4. The third-order valence-corrected chi connectivity index (χ3v) is 5.98. The highest BCUT2D eigenvalue weighted by Gasteiger charge is 2.34. The van der Waals surface area contributed by atoms with E-state index < -0.39 is 0 Å².